The number of benzene rings is 1. The first kappa shape index (κ1) is 10.5. The van der Waals surface area contributed by atoms with Crippen LogP contribution in [0.3, 0.4) is 0 Å². The molecule has 0 spiro atoms. The van der Waals surface area contributed by atoms with Crippen LogP contribution in [-0.2, 0) is 6.54 Å². The summed E-state index contributed by atoms with van der Waals surface area (Å²) in [7, 11) is 0. The highest BCUT2D eigenvalue weighted by molar-refractivity contribution is 5.53. The van der Waals surface area contributed by atoms with Gasteiger partial charge in [0.25, 0.3) is 0 Å². The number of aromatic nitrogens is 2. The van der Waals surface area contributed by atoms with Gasteiger partial charge in [0.15, 0.2) is 5.82 Å². The third-order valence-electron chi connectivity index (χ3n) is 2.04. The second-order valence-electron chi connectivity index (χ2n) is 3.25. The summed E-state index contributed by atoms with van der Waals surface area (Å²) in [6.07, 6.45) is 2.23. The second-order valence-corrected chi connectivity index (χ2v) is 3.25. The van der Waals surface area contributed by atoms with Gasteiger partial charge in [0.2, 0.25) is 5.95 Å². The minimum Gasteiger partial charge on any atom is -0.326 e. The van der Waals surface area contributed by atoms with Crippen LogP contribution in [0.1, 0.15) is 5.56 Å². The number of nitrogens with two attached hydrogens (primary N) is 1. The molecule has 5 heteroatoms. The number of hydrogen-bond donors (Lipinski definition) is 2. The first-order chi connectivity index (χ1) is 7.78. The molecule has 4 nitrogen and oxygen atoms in total. The van der Waals surface area contributed by atoms with E-state index in [1.807, 2.05) is 24.3 Å². The predicted molar refractivity (Wildman–Crippen MR) is 59.6 cm³/mol. The molecule has 0 aliphatic heterocycles. The van der Waals surface area contributed by atoms with Gasteiger partial charge >= 0.3 is 0 Å². The van der Waals surface area contributed by atoms with Crippen molar-refractivity contribution in [3.05, 3.63) is 48.0 Å². The third kappa shape index (κ3) is 2.52. The fourth-order valence-corrected chi connectivity index (χ4v) is 1.28. The van der Waals surface area contributed by atoms with Crippen molar-refractivity contribution in [2.75, 3.05) is 5.32 Å². The van der Waals surface area contributed by atoms with Gasteiger partial charge in [0.05, 0.1) is 12.4 Å². The van der Waals surface area contributed by atoms with Crippen LogP contribution in [0.25, 0.3) is 0 Å². The van der Waals surface area contributed by atoms with Crippen LogP contribution in [-0.4, -0.2) is 9.97 Å². The Morgan fingerprint density at radius 1 is 1.25 bits per heavy atom. The fourth-order valence-electron chi connectivity index (χ4n) is 1.28. The molecule has 0 aliphatic rings. The summed E-state index contributed by atoms with van der Waals surface area (Å²) in [5, 5.41) is 2.96. The van der Waals surface area contributed by atoms with Crippen LogP contribution < -0.4 is 11.1 Å². The number of hydrogen-bond acceptors (Lipinski definition) is 4. The molecule has 0 radical (unpaired) electrons. The summed E-state index contributed by atoms with van der Waals surface area (Å²) in [4.78, 5) is 7.60. The molecule has 3 N–H and O–H groups in total. The molecule has 16 heavy (non-hydrogen) atoms. The molecule has 82 valence electrons. The zero-order valence-corrected chi connectivity index (χ0v) is 8.52. The van der Waals surface area contributed by atoms with Gasteiger partial charge in [-0.15, -0.1) is 0 Å². The number of halogens is 1. The molecular weight excluding hydrogens is 207 g/mol. The molecule has 0 bridgehead atoms. The monoisotopic (exact) mass is 218 g/mol. The lowest BCUT2D eigenvalue weighted by molar-refractivity contribution is 0.614. The van der Waals surface area contributed by atoms with Crippen molar-refractivity contribution in [1.29, 1.82) is 0 Å². The van der Waals surface area contributed by atoms with E-state index in [1.165, 1.54) is 0 Å². The smallest absolute Gasteiger partial charge is 0.227 e. The van der Waals surface area contributed by atoms with E-state index in [0.29, 0.717) is 12.5 Å². The van der Waals surface area contributed by atoms with E-state index in [-0.39, 0.29) is 0 Å². The first-order valence-electron chi connectivity index (χ1n) is 4.81. The third-order valence-corrected chi connectivity index (χ3v) is 2.04. The van der Waals surface area contributed by atoms with Crippen molar-refractivity contribution >= 4 is 11.6 Å². The Morgan fingerprint density at radius 2 is 2.00 bits per heavy atom. The Balaban J connectivity index is 2.16. The lowest BCUT2D eigenvalue weighted by Gasteiger charge is -2.05. The van der Waals surface area contributed by atoms with E-state index in [9.17, 15) is 4.39 Å². The van der Waals surface area contributed by atoms with Crippen LogP contribution in [0.15, 0.2) is 36.7 Å². The summed E-state index contributed by atoms with van der Waals surface area (Å²) < 4.78 is 12.6. The summed E-state index contributed by atoms with van der Waals surface area (Å²) in [6, 6.07) is 7.57. The van der Waals surface area contributed by atoms with Crippen molar-refractivity contribution in [3.8, 4) is 0 Å². The Kier molecular flexibility index (Phi) is 3.07. The van der Waals surface area contributed by atoms with Gasteiger partial charge < -0.3 is 11.1 Å². The van der Waals surface area contributed by atoms with E-state index in [2.05, 4.69) is 15.3 Å². The van der Waals surface area contributed by atoms with E-state index in [4.69, 9.17) is 5.73 Å². The van der Waals surface area contributed by atoms with Crippen LogP contribution in [0.2, 0.25) is 0 Å². The molecule has 0 aliphatic carbocycles. The zero-order valence-electron chi connectivity index (χ0n) is 8.52. The maximum atomic E-state index is 12.6. The van der Waals surface area contributed by atoms with Gasteiger partial charge in [-0.2, -0.15) is 0 Å². The zero-order chi connectivity index (χ0) is 11.4. The topological polar surface area (TPSA) is 63.8 Å². The Bertz CT molecular complexity index is 470. The molecule has 2 aromatic rings. The van der Waals surface area contributed by atoms with E-state index < -0.39 is 5.82 Å². The van der Waals surface area contributed by atoms with Crippen molar-refractivity contribution in [3.63, 3.8) is 0 Å². The lowest BCUT2D eigenvalue weighted by Crippen LogP contribution is -2.00. The predicted octanol–water partition coefficient (Wildman–Crippen LogP) is 1.82. The maximum absolute atomic E-state index is 12.6. The minimum absolute atomic E-state index is 0.357. The molecular formula is C11H11FN4. The molecule has 0 unspecified atom stereocenters. The van der Waals surface area contributed by atoms with Gasteiger partial charge in [0.1, 0.15) is 0 Å². The van der Waals surface area contributed by atoms with E-state index in [0.717, 1.165) is 23.6 Å². The SMILES string of the molecule is NCc1cccc(Nc2ncc(F)cn2)c1. The highest BCUT2D eigenvalue weighted by Crippen LogP contribution is 2.14. The number of rotatable bonds is 3. The fraction of sp³-hybridized carbons (Fsp3) is 0.0909. The lowest BCUT2D eigenvalue weighted by atomic mass is 10.2. The van der Waals surface area contributed by atoms with Crippen LogP contribution in [0.4, 0.5) is 16.0 Å². The molecule has 1 aromatic carbocycles. The van der Waals surface area contributed by atoms with Crippen LogP contribution in [0.5, 0.6) is 0 Å². The molecule has 2 rings (SSSR count). The standard InChI is InChI=1S/C11H11FN4/c12-9-6-14-11(15-7-9)16-10-3-1-2-8(4-10)5-13/h1-4,6-7H,5,13H2,(H,14,15,16). The summed E-state index contributed by atoms with van der Waals surface area (Å²) in [5.74, 6) is -0.100. The largest absolute Gasteiger partial charge is 0.326 e. The van der Waals surface area contributed by atoms with Gasteiger partial charge in [-0.25, -0.2) is 14.4 Å². The Hall–Kier alpha value is -2.01. The normalized spacial score (nSPS) is 10.1. The van der Waals surface area contributed by atoms with Gasteiger partial charge in [-0.3, -0.25) is 0 Å². The molecule has 0 saturated heterocycles. The number of nitrogens with one attached hydrogen (secondary N) is 1. The Labute approximate surface area is 92.3 Å². The van der Waals surface area contributed by atoms with Gasteiger partial charge in [-0.05, 0) is 17.7 Å². The first-order valence-corrected chi connectivity index (χ1v) is 4.81. The maximum Gasteiger partial charge on any atom is 0.227 e. The number of anilines is 2. The average Bonchev–Trinajstić information content (AvgIpc) is 2.32. The van der Waals surface area contributed by atoms with Crippen molar-refractivity contribution in [2.45, 2.75) is 6.54 Å². The van der Waals surface area contributed by atoms with Crippen LogP contribution in [0, 0.1) is 5.82 Å². The summed E-state index contributed by atoms with van der Waals surface area (Å²) >= 11 is 0. The van der Waals surface area contributed by atoms with Gasteiger partial charge in [-0.1, -0.05) is 12.1 Å². The highest BCUT2D eigenvalue weighted by Gasteiger charge is 1.98. The molecule has 0 fully saturated rings. The summed E-state index contributed by atoms with van der Waals surface area (Å²) in [6.45, 7) is 0.472. The molecule has 1 aromatic heterocycles. The quantitative estimate of drug-likeness (QED) is 0.824. The van der Waals surface area contributed by atoms with Crippen LogP contribution >= 0.6 is 0 Å². The minimum atomic E-state index is -0.457. The Morgan fingerprint density at radius 3 is 2.69 bits per heavy atom. The molecule has 0 saturated carbocycles. The average molecular weight is 218 g/mol. The van der Waals surface area contributed by atoms with Crippen molar-refractivity contribution in [2.24, 2.45) is 5.73 Å². The second kappa shape index (κ2) is 4.67. The van der Waals surface area contributed by atoms with E-state index >= 15 is 0 Å². The van der Waals surface area contributed by atoms with Gasteiger partial charge in [0, 0.05) is 12.2 Å². The van der Waals surface area contributed by atoms with E-state index in [1.54, 1.807) is 0 Å². The van der Waals surface area contributed by atoms with Crippen molar-refractivity contribution < 1.29 is 4.39 Å². The van der Waals surface area contributed by atoms with Crippen molar-refractivity contribution in [1.82, 2.24) is 9.97 Å². The highest BCUT2D eigenvalue weighted by atomic mass is 19.1. The number of nitrogens with zero attached hydrogens (tertiary/aromatic N) is 2. The molecule has 0 amide bonds. The molecule has 1 heterocycles. The summed E-state index contributed by atoms with van der Waals surface area (Å²) in [5.41, 5.74) is 7.36. The molecule has 0 atom stereocenters.